The Morgan fingerprint density at radius 3 is 2.37 bits per heavy atom. The van der Waals surface area contributed by atoms with Crippen LogP contribution in [0.5, 0.6) is 0 Å². The topological polar surface area (TPSA) is 152 Å². The molecule has 1 aromatic carbocycles. The van der Waals surface area contributed by atoms with Crippen LogP contribution in [0, 0.1) is 13.8 Å². The Labute approximate surface area is 202 Å². The van der Waals surface area contributed by atoms with Gasteiger partial charge in [-0.05, 0) is 32.8 Å². The maximum absolute atomic E-state index is 12.9. The normalized spacial score (nSPS) is 18.3. The highest BCUT2D eigenvalue weighted by molar-refractivity contribution is 5.98. The van der Waals surface area contributed by atoms with Crippen molar-refractivity contribution in [3.05, 3.63) is 52.9 Å². The predicted molar refractivity (Wildman–Crippen MR) is 124 cm³/mol. The summed E-state index contributed by atoms with van der Waals surface area (Å²) in [5, 5.41) is 11.3. The number of rotatable bonds is 12. The molecule has 2 heterocycles. The van der Waals surface area contributed by atoms with Crippen LogP contribution in [0.1, 0.15) is 34.3 Å². The van der Waals surface area contributed by atoms with Crippen LogP contribution >= 0.6 is 0 Å². The van der Waals surface area contributed by atoms with Crippen molar-refractivity contribution < 1.29 is 33.2 Å². The third kappa shape index (κ3) is 7.20. The van der Waals surface area contributed by atoms with E-state index in [9.17, 15) is 19.2 Å². The minimum atomic E-state index is -1.07. The Bertz CT molecular complexity index is 1080. The van der Waals surface area contributed by atoms with Crippen molar-refractivity contribution in [1.82, 2.24) is 21.1 Å². The molecular formula is C24H30N4O7. The van der Waals surface area contributed by atoms with E-state index in [0.29, 0.717) is 12.4 Å². The smallest absolute Gasteiger partial charge is 0.274 e. The Balaban J connectivity index is 1.58. The molecule has 1 aliphatic rings. The Morgan fingerprint density at radius 1 is 1.11 bits per heavy atom. The molecule has 0 bridgehead atoms. The van der Waals surface area contributed by atoms with Crippen molar-refractivity contribution in [3.8, 4) is 0 Å². The number of nitrogens with one attached hydrogen (secondary N) is 3. The number of Topliss-reactive ketones (excluding diaryl/α,β-unsaturated/α-hetero) is 1. The summed E-state index contributed by atoms with van der Waals surface area (Å²) in [5.41, 5.74) is 1.06. The summed E-state index contributed by atoms with van der Waals surface area (Å²) in [4.78, 5) is 50.4. The molecule has 0 spiro atoms. The molecule has 3 atom stereocenters. The number of epoxide rings is 1. The van der Waals surface area contributed by atoms with Gasteiger partial charge in [0.15, 0.2) is 11.5 Å². The van der Waals surface area contributed by atoms with Gasteiger partial charge in [0.05, 0.1) is 25.8 Å². The van der Waals surface area contributed by atoms with E-state index in [4.69, 9.17) is 14.0 Å². The number of benzene rings is 1. The van der Waals surface area contributed by atoms with Crippen molar-refractivity contribution in [2.75, 3.05) is 26.9 Å². The molecule has 0 radical (unpaired) electrons. The van der Waals surface area contributed by atoms with Crippen molar-refractivity contribution in [3.63, 3.8) is 0 Å². The largest absolute Gasteiger partial charge is 0.382 e. The van der Waals surface area contributed by atoms with Crippen molar-refractivity contribution in [2.45, 2.75) is 44.9 Å². The Morgan fingerprint density at radius 2 is 1.80 bits per heavy atom. The molecule has 188 valence electrons. The number of methoxy groups -OCH3 is 1. The highest BCUT2D eigenvalue weighted by atomic mass is 16.6. The number of ether oxygens (including phenoxy) is 2. The van der Waals surface area contributed by atoms with Crippen LogP contribution in [-0.2, 0) is 30.3 Å². The van der Waals surface area contributed by atoms with Gasteiger partial charge in [-0.1, -0.05) is 35.0 Å². The maximum Gasteiger partial charge on any atom is 0.274 e. The zero-order chi connectivity index (χ0) is 25.6. The standard InChI is InChI=1S/C24H30N4O7/c1-14-5-7-16(8-6-14)10-17(21(30)24(3)13-34-24)26-20(29)11-25-22(31)19(12-33-4)27-23(32)18-9-15(2)35-28-18/h5-9,17,19H,10-13H2,1-4H3,(H,25,31)(H,26,29)(H,27,32)/t17-,19-,24+/m0/s1. The lowest BCUT2D eigenvalue weighted by atomic mass is 9.94. The van der Waals surface area contributed by atoms with E-state index in [2.05, 4.69) is 21.1 Å². The number of hydrogen-bond acceptors (Lipinski definition) is 8. The number of hydrogen-bond donors (Lipinski definition) is 3. The SMILES string of the molecule is COC[C@H](NC(=O)c1cc(C)on1)C(=O)NCC(=O)N[C@@H](Cc1ccc(C)cc1)C(=O)[C@@]1(C)CO1. The molecule has 0 saturated carbocycles. The lowest BCUT2D eigenvalue weighted by molar-refractivity contribution is -0.131. The number of aromatic nitrogens is 1. The van der Waals surface area contributed by atoms with Crippen molar-refractivity contribution in [2.24, 2.45) is 0 Å². The molecule has 0 aliphatic carbocycles. The average Bonchev–Trinajstić information content (AvgIpc) is 3.43. The lowest BCUT2D eigenvalue weighted by Gasteiger charge is -2.21. The van der Waals surface area contributed by atoms with Gasteiger partial charge in [0.2, 0.25) is 11.8 Å². The van der Waals surface area contributed by atoms with Gasteiger partial charge in [0.25, 0.3) is 5.91 Å². The van der Waals surface area contributed by atoms with Crippen LogP contribution < -0.4 is 16.0 Å². The number of aryl methyl sites for hydroxylation is 2. The number of carbonyl (C=O) groups excluding carboxylic acids is 4. The van der Waals surface area contributed by atoms with Crippen LogP contribution in [0.4, 0.5) is 0 Å². The third-order valence-electron chi connectivity index (χ3n) is 5.55. The summed E-state index contributed by atoms with van der Waals surface area (Å²) in [6.45, 7) is 5.05. The zero-order valence-corrected chi connectivity index (χ0v) is 20.2. The molecule has 1 aliphatic heterocycles. The van der Waals surface area contributed by atoms with Gasteiger partial charge in [-0.2, -0.15) is 0 Å². The average molecular weight is 487 g/mol. The summed E-state index contributed by atoms with van der Waals surface area (Å²) >= 11 is 0. The van der Waals surface area contributed by atoms with E-state index in [1.165, 1.54) is 13.2 Å². The van der Waals surface area contributed by atoms with Gasteiger partial charge in [-0.15, -0.1) is 0 Å². The number of amides is 3. The monoisotopic (exact) mass is 486 g/mol. The maximum atomic E-state index is 12.9. The molecule has 1 saturated heterocycles. The highest BCUT2D eigenvalue weighted by Crippen LogP contribution is 2.29. The number of carbonyl (C=O) groups is 4. The van der Waals surface area contributed by atoms with Crippen LogP contribution in [0.3, 0.4) is 0 Å². The Kier molecular flexibility index (Phi) is 8.36. The molecule has 3 amide bonds. The second-order valence-electron chi connectivity index (χ2n) is 8.72. The van der Waals surface area contributed by atoms with Gasteiger partial charge in [-0.3, -0.25) is 19.2 Å². The minimum Gasteiger partial charge on any atom is -0.382 e. The predicted octanol–water partition coefficient (Wildman–Crippen LogP) is 0.238. The van der Waals surface area contributed by atoms with Crippen LogP contribution in [0.2, 0.25) is 0 Å². The molecular weight excluding hydrogens is 456 g/mol. The molecule has 0 unspecified atom stereocenters. The Hall–Kier alpha value is -3.57. The third-order valence-corrected chi connectivity index (χ3v) is 5.55. The fourth-order valence-corrected chi connectivity index (χ4v) is 3.38. The first kappa shape index (κ1) is 26.0. The van der Waals surface area contributed by atoms with Gasteiger partial charge < -0.3 is 29.9 Å². The molecule has 3 rings (SSSR count). The van der Waals surface area contributed by atoms with Gasteiger partial charge in [0.1, 0.15) is 17.4 Å². The first-order valence-electron chi connectivity index (χ1n) is 11.2. The molecule has 11 heteroatoms. The molecule has 1 aromatic heterocycles. The van der Waals surface area contributed by atoms with E-state index in [0.717, 1.165) is 11.1 Å². The first-order valence-corrected chi connectivity index (χ1v) is 11.2. The van der Waals surface area contributed by atoms with E-state index >= 15 is 0 Å². The zero-order valence-electron chi connectivity index (χ0n) is 20.2. The summed E-state index contributed by atoms with van der Waals surface area (Å²) in [5.74, 6) is -1.59. The second kappa shape index (κ2) is 11.2. The summed E-state index contributed by atoms with van der Waals surface area (Å²) in [6.07, 6.45) is 0.289. The van der Waals surface area contributed by atoms with E-state index in [1.54, 1.807) is 13.8 Å². The van der Waals surface area contributed by atoms with Crippen LogP contribution in [-0.4, -0.2) is 73.2 Å². The molecule has 11 nitrogen and oxygen atoms in total. The van der Waals surface area contributed by atoms with E-state index in [-0.39, 0.29) is 24.5 Å². The van der Waals surface area contributed by atoms with Gasteiger partial charge in [-0.25, -0.2) is 0 Å². The summed E-state index contributed by atoms with van der Waals surface area (Å²) in [6, 6.07) is 7.19. The summed E-state index contributed by atoms with van der Waals surface area (Å²) < 4.78 is 15.2. The first-order chi connectivity index (χ1) is 16.6. The highest BCUT2D eigenvalue weighted by Gasteiger charge is 2.50. The number of ketones is 1. The number of nitrogens with zero attached hydrogens (tertiary/aromatic N) is 1. The quantitative estimate of drug-likeness (QED) is 0.361. The lowest BCUT2D eigenvalue weighted by Crippen LogP contribution is -2.53. The van der Waals surface area contributed by atoms with E-state index in [1.807, 2.05) is 31.2 Å². The molecule has 3 N–H and O–H groups in total. The minimum absolute atomic E-state index is 0.0161. The van der Waals surface area contributed by atoms with Crippen LogP contribution in [0.25, 0.3) is 0 Å². The van der Waals surface area contributed by atoms with Gasteiger partial charge >= 0.3 is 0 Å². The van der Waals surface area contributed by atoms with Crippen LogP contribution in [0.15, 0.2) is 34.9 Å². The second-order valence-corrected chi connectivity index (χ2v) is 8.72. The fraction of sp³-hybridized carbons (Fsp3) is 0.458. The summed E-state index contributed by atoms with van der Waals surface area (Å²) in [7, 11) is 1.38. The van der Waals surface area contributed by atoms with E-state index < -0.39 is 42.0 Å². The van der Waals surface area contributed by atoms with Crippen molar-refractivity contribution >= 4 is 23.5 Å². The van der Waals surface area contributed by atoms with Gasteiger partial charge in [0, 0.05) is 13.2 Å². The van der Waals surface area contributed by atoms with Crippen molar-refractivity contribution in [1.29, 1.82) is 0 Å². The molecule has 2 aromatic rings. The molecule has 1 fully saturated rings. The fourth-order valence-electron chi connectivity index (χ4n) is 3.38. The molecule has 35 heavy (non-hydrogen) atoms.